The first kappa shape index (κ1) is 8.95. The van der Waals surface area contributed by atoms with Crippen molar-refractivity contribution in [3.63, 3.8) is 0 Å². The molecule has 1 atom stereocenters. The third-order valence-electron chi connectivity index (χ3n) is 2.73. The summed E-state index contributed by atoms with van der Waals surface area (Å²) in [5.74, 6) is 1.78. The van der Waals surface area contributed by atoms with Gasteiger partial charge in [0.05, 0.1) is 5.92 Å². The highest BCUT2D eigenvalue weighted by molar-refractivity contribution is 6.51. The van der Waals surface area contributed by atoms with Crippen LogP contribution in [0.15, 0.2) is 4.52 Å². The predicted molar refractivity (Wildman–Crippen MR) is 51.7 cm³/mol. The Bertz CT molecular complexity index is 361. The average molecular weight is 234 g/mol. The molecule has 0 aromatic carbocycles. The second kappa shape index (κ2) is 2.84. The molecule has 1 aromatic rings. The molecule has 1 unspecified atom stereocenters. The molecule has 1 aromatic heterocycles. The standard InChI is InChI=1S/C8H9Cl2N3O/c9-8(10)1-5(8)7-12-6(13-14-7)4-2-11-3-4/h4-5,11H,1-3H2. The summed E-state index contributed by atoms with van der Waals surface area (Å²) in [5.41, 5.74) is 0. The minimum atomic E-state index is -0.679. The van der Waals surface area contributed by atoms with E-state index in [2.05, 4.69) is 15.5 Å². The lowest BCUT2D eigenvalue weighted by Crippen LogP contribution is -2.40. The van der Waals surface area contributed by atoms with E-state index in [0.717, 1.165) is 18.9 Å². The molecule has 0 bridgehead atoms. The van der Waals surface area contributed by atoms with Gasteiger partial charge < -0.3 is 9.84 Å². The van der Waals surface area contributed by atoms with Crippen LogP contribution in [0.5, 0.6) is 0 Å². The predicted octanol–water partition coefficient (Wildman–Crippen LogP) is 1.42. The Labute approximate surface area is 91.0 Å². The van der Waals surface area contributed by atoms with E-state index in [4.69, 9.17) is 27.7 Å². The van der Waals surface area contributed by atoms with Crippen molar-refractivity contribution in [2.75, 3.05) is 13.1 Å². The van der Waals surface area contributed by atoms with E-state index in [0.29, 0.717) is 18.2 Å². The quantitative estimate of drug-likeness (QED) is 0.786. The molecule has 1 aliphatic carbocycles. The van der Waals surface area contributed by atoms with E-state index in [9.17, 15) is 0 Å². The molecular formula is C8H9Cl2N3O. The zero-order valence-corrected chi connectivity index (χ0v) is 8.85. The van der Waals surface area contributed by atoms with E-state index in [1.165, 1.54) is 0 Å². The number of nitrogens with zero attached hydrogens (tertiary/aromatic N) is 2. The Hall–Kier alpha value is -0.320. The number of halogens is 2. The Morgan fingerprint density at radius 3 is 2.64 bits per heavy atom. The van der Waals surface area contributed by atoms with Crippen LogP contribution < -0.4 is 5.32 Å². The van der Waals surface area contributed by atoms with Crippen molar-refractivity contribution < 1.29 is 4.52 Å². The van der Waals surface area contributed by atoms with Gasteiger partial charge in [-0.1, -0.05) is 5.16 Å². The lowest BCUT2D eigenvalue weighted by molar-refractivity contribution is 0.356. The smallest absolute Gasteiger partial charge is 0.232 e. The van der Waals surface area contributed by atoms with Crippen molar-refractivity contribution in [3.05, 3.63) is 11.7 Å². The molecule has 14 heavy (non-hydrogen) atoms. The van der Waals surface area contributed by atoms with Gasteiger partial charge in [-0.2, -0.15) is 4.98 Å². The summed E-state index contributed by atoms with van der Waals surface area (Å²) < 4.78 is 4.44. The van der Waals surface area contributed by atoms with Crippen molar-refractivity contribution in [3.8, 4) is 0 Å². The van der Waals surface area contributed by atoms with Crippen molar-refractivity contribution in [1.29, 1.82) is 0 Å². The maximum Gasteiger partial charge on any atom is 0.232 e. The zero-order valence-electron chi connectivity index (χ0n) is 7.33. The van der Waals surface area contributed by atoms with Crippen LogP contribution >= 0.6 is 23.2 Å². The SMILES string of the molecule is ClC1(Cl)CC1c1nc(C2CNC2)no1. The number of rotatable bonds is 2. The highest BCUT2D eigenvalue weighted by atomic mass is 35.5. The maximum absolute atomic E-state index is 5.90. The van der Waals surface area contributed by atoms with Crippen molar-refractivity contribution >= 4 is 23.2 Å². The summed E-state index contributed by atoms with van der Waals surface area (Å²) in [4.78, 5) is 4.30. The first-order valence-electron chi connectivity index (χ1n) is 4.59. The number of nitrogens with one attached hydrogen (secondary N) is 1. The number of hydrogen-bond donors (Lipinski definition) is 1. The zero-order chi connectivity index (χ0) is 9.76. The van der Waals surface area contributed by atoms with Gasteiger partial charge in [0.2, 0.25) is 5.89 Å². The number of alkyl halides is 2. The van der Waals surface area contributed by atoms with Gasteiger partial charge in [0.15, 0.2) is 5.82 Å². The van der Waals surface area contributed by atoms with Crippen LogP contribution in [-0.2, 0) is 0 Å². The van der Waals surface area contributed by atoms with Gasteiger partial charge in [-0.25, -0.2) is 0 Å². The van der Waals surface area contributed by atoms with Gasteiger partial charge in [0.25, 0.3) is 0 Å². The molecule has 2 heterocycles. The number of hydrogen-bond acceptors (Lipinski definition) is 4. The summed E-state index contributed by atoms with van der Waals surface area (Å²) in [6.07, 6.45) is 0.709. The molecule has 0 amide bonds. The van der Waals surface area contributed by atoms with E-state index in [1.54, 1.807) is 0 Å². The molecule has 4 nitrogen and oxygen atoms in total. The van der Waals surface area contributed by atoms with Gasteiger partial charge in [-0.05, 0) is 6.42 Å². The minimum Gasteiger partial charge on any atom is -0.339 e. The minimum absolute atomic E-state index is 0.0279. The highest BCUT2D eigenvalue weighted by Gasteiger charge is 2.56. The second-order valence-corrected chi connectivity index (χ2v) is 5.41. The van der Waals surface area contributed by atoms with Crippen LogP contribution in [0.2, 0.25) is 0 Å². The summed E-state index contributed by atoms with van der Waals surface area (Å²) in [6, 6.07) is 0. The highest BCUT2D eigenvalue weighted by Crippen LogP contribution is 2.59. The van der Waals surface area contributed by atoms with Gasteiger partial charge in [0.1, 0.15) is 4.33 Å². The summed E-state index contributed by atoms with van der Waals surface area (Å²) >= 11 is 11.8. The summed E-state index contributed by atoms with van der Waals surface area (Å²) in [7, 11) is 0. The van der Waals surface area contributed by atoms with Crippen LogP contribution in [-0.4, -0.2) is 27.6 Å². The molecule has 1 saturated heterocycles. The Morgan fingerprint density at radius 1 is 1.43 bits per heavy atom. The molecule has 76 valence electrons. The van der Waals surface area contributed by atoms with Gasteiger partial charge >= 0.3 is 0 Å². The first-order valence-corrected chi connectivity index (χ1v) is 5.34. The molecule has 0 spiro atoms. The van der Waals surface area contributed by atoms with Crippen LogP contribution in [0.25, 0.3) is 0 Å². The fraction of sp³-hybridized carbons (Fsp3) is 0.750. The molecular weight excluding hydrogens is 225 g/mol. The molecule has 2 fully saturated rings. The molecule has 1 aliphatic heterocycles. The van der Waals surface area contributed by atoms with E-state index < -0.39 is 4.33 Å². The average Bonchev–Trinajstić information content (AvgIpc) is 2.49. The van der Waals surface area contributed by atoms with Gasteiger partial charge in [-0.3, -0.25) is 0 Å². The summed E-state index contributed by atoms with van der Waals surface area (Å²) in [5, 5.41) is 7.08. The third-order valence-corrected chi connectivity index (χ3v) is 3.56. The van der Waals surface area contributed by atoms with Crippen molar-refractivity contribution in [2.24, 2.45) is 0 Å². The fourth-order valence-corrected chi connectivity index (χ4v) is 2.00. The summed E-state index contributed by atoms with van der Waals surface area (Å²) in [6.45, 7) is 1.85. The molecule has 6 heteroatoms. The maximum atomic E-state index is 5.90. The van der Waals surface area contributed by atoms with Crippen LogP contribution in [0.3, 0.4) is 0 Å². The Balaban J connectivity index is 1.77. The number of aromatic nitrogens is 2. The van der Waals surface area contributed by atoms with Crippen LogP contribution in [0, 0.1) is 0 Å². The molecule has 1 N–H and O–H groups in total. The largest absolute Gasteiger partial charge is 0.339 e. The third kappa shape index (κ3) is 1.33. The van der Waals surface area contributed by atoms with E-state index >= 15 is 0 Å². The van der Waals surface area contributed by atoms with Gasteiger partial charge in [0, 0.05) is 19.0 Å². The van der Waals surface area contributed by atoms with E-state index in [1.807, 2.05) is 0 Å². The molecule has 3 rings (SSSR count). The lowest BCUT2D eigenvalue weighted by atomic mass is 10.0. The van der Waals surface area contributed by atoms with E-state index in [-0.39, 0.29) is 5.92 Å². The second-order valence-electron chi connectivity index (χ2n) is 3.86. The van der Waals surface area contributed by atoms with Crippen molar-refractivity contribution in [2.45, 2.75) is 22.6 Å². The Kier molecular flexibility index (Phi) is 1.81. The van der Waals surface area contributed by atoms with Gasteiger partial charge in [-0.15, -0.1) is 23.2 Å². The van der Waals surface area contributed by atoms with Crippen LogP contribution in [0.1, 0.15) is 30.0 Å². The lowest BCUT2D eigenvalue weighted by Gasteiger charge is -2.23. The molecule has 0 radical (unpaired) electrons. The Morgan fingerprint density at radius 2 is 2.14 bits per heavy atom. The van der Waals surface area contributed by atoms with Crippen molar-refractivity contribution in [1.82, 2.24) is 15.5 Å². The molecule has 1 saturated carbocycles. The monoisotopic (exact) mass is 233 g/mol. The first-order chi connectivity index (χ1) is 6.67. The normalized spacial score (nSPS) is 30.0. The molecule has 2 aliphatic rings. The fourth-order valence-electron chi connectivity index (χ4n) is 1.51. The van der Waals surface area contributed by atoms with Crippen LogP contribution in [0.4, 0.5) is 0 Å². The topological polar surface area (TPSA) is 51.0 Å².